The summed E-state index contributed by atoms with van der Waals surface area (Å²) in [6.45, 7) is 6.08. The van der Waals surface area contributed by atoms with Crippen molar-refractivity contribution in [2.24, 2.45) is 10.9 Å². The lowest BCUT2D eigenvalue weighted by atomic mass is 9.98. The minimum Gasteiger partial charge on any atom is -0.409 e. The average Bonchev–Trinajstić information content (AvgIpc) is 2.37. The van der Waals surface area contributed by atoms with Crippen LogP contribution in [-0.4, -0.2) is 22.5 Å². The van der Waals surface area contributed by atoms with Crippen LogP contribution in [-0.2, 0) is 0 Å². The fourth-order valence-corrected chi connectivity index (χ4v) is 1.92. The first-order valence-corrected chi connectivity index (χ1v) is 6.30. The third-order valence-electron chi connectivity index (χ3n) is 2.88. The van der Waals surface area contributed by atoms with Crippen molar-refractivity contribution in [2.75, 3.05) is 0 Å². The van der Waals surface area contributed by atoms with E-state index in [0.29, 0.717) is 11.1 Å². The summed E-state index contributed by atoms with van der Waals surface area (Å²) in [5.74, 6) is -0.0946. The lowest BCUT2D eigenvalue weighted by molar-refractivity contribution is 0.0909. The van der Waals surface area contributed by atoms with Gasteiger partial charge in [-0.2, -0.15) is 0 Å². The van der Waals surface area contributed by atoms with Gasteiger partial charge in [0.05, 0.1) is 0 Å². The Morgan fingerprint density at radius 3 is 2.32 bits per heavy atom. The highest BCUT2D eigenvalue weighted by molar-refractivity contribution is 5.99. The Morgan fingerprint density at radius 1 is 1.32 bits per heavy atom. The summed E-state index contributed by atoms with van der Waals surface area (Å²) >= 11 is 0. The Kier molecular flexibility index (Phi) is 4.92. The number of nitrogens with two attached hydrogens (primary N) is 1. The second-order valence-electron chi connectivity index (χ2n) is 5.15. The highest BCUT2D eigenvalue weighted by Gasteiger charge is 2.19. The standard InChI is InChI=1S/C14H21N3O2/c1-4-9-14(2,3)16-13(18)11-7-5-10(6-8-11)12(15)17-19/h5-8,19H,4,9H2,1-3H3,(H2,15,17)(H,16,18). The molecule has 0 saturated carbocycles. The molecule has 0 saturated heterocycles. The number of amides is 1. The first-order chi connectivity index (χ1) is 8.89. The van der Waals surface area contributed by atoms with Gasteiger partial charge < -0.3 is 16.3 Å². The third kappa shape index (κ3) is 4.28. The van der Waals surface area contributed by atoms with Crippen molar-refractivity contribution in [2.45, 2.75) is 39.2 Å². The Hall–Kier alpha value is -2.04. The van der Waals surface area contributed by atoms with Crippen molar-refractivity contribution in [1.82, 2.24) is 5.32 Å². The van der Waals surface area contributed by atoms with Crippen molar-refractivity contribution in [3.8, 4) is 0 Å². The molecule has 0 aliphatic carbocycles. The van der Waals surface area contributed by atoms with E-state index in [1.54, 1.807) is 24.3 Å². The van der Waals surface area contributed by atoms with Crippen LogP contribution >= 0.6 is 0 Å². The van der Waals surface area contributed by atoms with Crippen LogP contribution in [0.15, 0.2) is 29.4 Å². The molecule has 104 valence electrons. The molecule has 0 unspecified atom stereocenters. The molecule has 1 aromatic rings. The Labute approximate surface area is 113 Å². The first kappa shape index (κ1) is 15.0. The molecule has 4 N–H and O–H groups in total. The number of oxime groups is 1. The van der Waals surface area contributed by atoms with Crippen LogP contribution in [0, 0.1) is 0 Å². The number of nitrogens with one attached hydrogen (secondary N) is 1. The molecule has 1 amide bonds. The SMILES string of the molecule is CCCC(C)(C)NC(=O)c1ccc(/C(N)=N/O)cc1. The number of carbonyl (C=O) groups is 1. The molecule has 19 heavy (non-hydrogen) atoms. The average molecular weight is 263 g/mol. The zero-order valence-electron chi connectivity index (χ0n) is 11.6. The Balaban J connectivity index is 2.79. The summed E-state index contributed by atoms with van der Waals surface area (Å²) in [5.41, 5.74) is 6.37. The summed E-state index contributed by atoms with van der Waals surface area (Å²) in [7, 11) is 0. The van der Waals surface area contributed by atoms with Crippen LogP contribution < -0.4 is 11.1 Å². The van der Waals surface area contributed by atoms with Crippen LogP contribution in [0.2, 0.25) is 0 Å². The molecule has 0 spiro atoms. The van der Waals surface area contributed by atoms with Gasteiger partial charge in [0.15, 0.2) is 5.84 Å². The number of carbonyl (C=O) groups excluding carboxylic acids is 1. The minimum absolute atomic E-state index is 0.0262. The molecular formula is C14H21N3O2. The van der Waals surface area contributed by atoms with Gasteiger partial charge >= 0.3 is 0 Å². The van der Waals surface area contributed by atoms with Crippen molar-refractivity contribution >= 4 is 11.7 Å². The molecular weight excluding hydrogens is 242 g/mol. The lowest BCUT2D eigenvalue weighted by Gasteiger charge is -2.25. The molecule has 0 fully saturated rings. The van der Waals surface area contributed by atoms with Crippen LogP contribution in [0.3, 0.4) is 0 Å². The number of hydrogen-bond donors (Lipinski definition) is 3. The predicted octanol–water partition coefficient (Wildman–Crippen LogP) is 2.09. The Bertz CT molecular complexity index is 464. The molecule has 0 aliphatic heterocycles. The largest absolute Gasteiger partial charge is 0.409 e. The van der Waals surface area contributed by atoms with E-state index in [9.17, 15) is 4.79 Å². The smallest absolute Gasteiger partial charge is 0.251 e. The lowest BCUT2D eigenvalue weighted by Crippen LogP contribution is -2.43. The predicted molar refractivity (Wildman–Crippen MR) is 75.4 cm³/mol. The van der Waals surface area contributed by atoms with Crippen molar-refractivity contribution in [3.63, 3.8) is 0 Å². The van der Waals surface area contributed by atoms with Crippen LogP contribution in [0.25, 0.3) is 0 Å². The number of hydrogen-bond acceptors (Lipinski definition) is 3. The summed E-state index contributed by atoms with van der Waals surface area (Å²) in [5, 5.41) is 14.5. The van der Waals surface area contributed by atoms with Gasteiger partial charge in [0.2, 0.25) is 0 Å². The quantitative estimate of drug-likeness (QED) is 0.329. The molecule has 0 radical (unpaired) electrons. The van der Waals surface area contributed by atoms with E-state index in [4.69, 9.17) is 10.9 Å². The second kappa shape index (κ2) is 6.22. The number of nitrogens with zero attached hydrogens (tertiary/aromatic N) is 1. The number of benzene rings is 1. The van der Waals surface area contributed by atoms with E-state index in [0.717, 1.165) is 12.8 Å². The third-order valence-corrected chi connectivity index (χ3v) is 2.88. The van der Waals surface area contributed by atoms with Gasteiger partial charge in [0.1, 0.15) is 0 Å². The monoisotopic (exact) mass is 263 g/mol. The zero-order valence-corrected chi connectivity index (χ0v) is 11.6. The molecule has 0 aromatic heterocycles. The van der Waals surface area contributed by atoms with Gasteiger partial charge in [-0.3, -0.25) is 4.79 Å². The van der Waals surface area contributed by atoms with E-state index in [1.807, 2.05) is 13.8 Å². The van der Waals surface area contributed by atoms with Gasteiger partial charge in [0.25, 0.3) is 5.91 Å². The molecule has 1 rings (SSSR count). The summed E-state index contributed by atoms with van der Waals surface area (Å²) in [6.07, 6.45) is 1.93. The number of rotatable bonds is 5. The van der Waals surface area contributed by atoms with E-state index in [-0.39, 0.29) is 17.3 Å². The maximum atomic E-state index is 12.1. The van der Waals surface area contributed by atoms with Gasteiger partial charge in [-0.05, 0) is 32.4 Å². The van der Waals surface area contributed by atoms with Crippen LogP contribution in [0.1, 0.15) is 49.5 Å². The van der Waals surface area contributed by atoms with Crippen molar-refractivity contribution in [3.05, 3.63) is 35.4 Å². The molecule has 0 aliphatic rings. The highest BCUT2D eigenvalue weighted by atomic mass is 16.4. The maximum Gasteiger partial charge on any atom is 0.251 e. The van der Waals surface area contributed by atoms with Gasteiger partial charge in [-0.1, -0.05) is 30.6 Å². The second-order valence-corrected chi connectivity index (χ2v) is 5.15. The fraction of sp³-hybridized carbons (Fsp3) is 0.429. The highest BCUT2D eigenvalue weighted by Crippen LogP contribution is 2.12. The molecule has 0 bridgehead atoms. The van der Waals surface area contributed by atoms with Gasteiger partial charge in [-0.25, -0.2) is 0 Å². The normalized spacial score (nSPS) is 12.3. The van der Waals surface area contributed by atoms with Crippen LogP contribution in [0.4, 0.5) is 0 Å². The van der Waals surface area contributed by atoms with Crippen LogP contribution in [0.5, 0.6) is 0 Å². The molecule has 5 heteroatoms. The van der Waals surface area contributed by atoms with E-state index in [1.165, 1.54) is 0 Å². The van der Waals surface area contributed by atoms with E-state index in [2.05, 4.69) is 17.4 Å². The summed E-state index contributed by atoms with van der Waals surface area (Å²) in [4.78, 5) is 12.1. The molecule has 0 atom stereocenters. The van der Waals surface area contributed by atoms with E-state index < -0.39 is 0 Å². The Morgan fingerprint density at radius 2 is 1.84 bits per heavy atom. The zero-order chi connectivity index (χ0) is 14.5. The maximum absolute atomic E-state index is 12.1. The summed E-state index contributed by atoms with van der Waals surface area (Å²) in [6, 6.07) is 6.61. The first-order valence-electron chi connectivity index (χ1n) is 6.30. The van der Waals surface area contributed by atoms with Gasteiger partial charge in [0, 0.05) is 16.7 Å². The summed E-state index contributed by atoms with van der Waals surface area (Å²) < 4.78 is 0. The fourth-order valence-electron chi connectivity index (χ4n) is 1.92. The topological polar surface area (TPSA) is 87.7 Å². The molecule has 0 heterocycles. The van der Waals surface area contributed by atoms with Crippen molar-refractivity contribution in [1.29, 1.82) is 0 Å². The van der Waals surface area contributed by atoms with Gasteiger partial charge in [-0.15, -0.1) is 0 Å². The van der Waals surface area contributed by atoms with Crippen molar-refractivity contribution < 1.29 is 10.0 Å². The molecule has 1 aromatic carbocycles. The van der Waals surface area contributed by atoms with E-state index >= 15 is 0 Å². The number of amidine groups is 1. The minimum atomic E-state index is -0.226. The molecule has 5 nitrogen and oxygen atoms in total.